The molecule has 21 heavy (non-hydrogen) atoms. The Bertz CT molecular complexity index is 437. The molecule has 1 saturated heterocycles. The summed E-state index contributed by atoms with van der Waals surface area (Å²) in [6.07, 6.45) is 1.01. The van der Waals surface area contributed by atoms with Crippen LogP contribution in [0.2, 0.25) is 0 Å². The van der Waals surface area contributed by atoms with Gasteiger partial charge in [0.25, 0.3) is 0 Å². The van der Waals surface area contributed by atoms with Crippen LogP contribution in [0.25, 0.3) is 0 Å². The summed E-state index contributed by atoms with van der Waals surface area (Å²) in [6, 6.07) is 6.89. The number of rotatable bonds is 7. The number of ether oxygens (including phenoxy) is 2. The summed E-state index contributed by atoms with van der Waals surface area (Å²) in [5, 5.41) is 3.48. The van der Waals surface area contributed by atoms with Crippen molar-refractivity contribution < 1.29 is 9.47 Å². The molecule has 0 aromatic heterocycles. The van der Waals surface area contributed by atoms with Crippen LogP contribution in [-0.2, 0) is 6.54 Å². The predicted octanol–water partition coefficient (Wildman–Crippen LogP) is 2.67. The molecule has 1 N–H and O–H groups in total. The Hall–Kier alpha value is -1.26. The summed E-state index contributed by atoms with van der Waals surface area (Å²) in [6.45, 7) is 12.0. The van der Waals surface area contributed by atoms with Crippen molar-refractivity contribution in [3.8, 4) is 11.5 Å². The lowest BCUT2D eigenvalue weighted by Crippen LogP contribution is -2.48. The SMILES string of the molecule is CCCOc1ccc(CN2CCN[C@H](C)C2)cc1OCC. The van der Waals surface area contributed by atoms with Gasteiger partial charge in [0.15, 0.2) is 11.5 Å². The summed E-state index contributed by atoms with van der Waals surface area (Å²) < 4.78 is 11.5. The number of benzene rings is 1. The fraction of sp³-hybridized carbons (Fsp3) is 0.647. The molecule has 0 bridgehead atoms. The van der Waals surface area contributed by atoms with Crippen LogP contribution in [0.3, 0.4) is 0 Å². The lowest BCUT2D eigenvalue weighted by atomic mass is 10.1. The molecule has 2 rings (SSSR count). The van der Waals surface area contributed by atoms with Gasteiger partial charge in [0.2, 0.25) is 0 Å². The molecule has 0 radical (unpaired) electrons. The summed E-state index contributed by atoms with van der Waals surface area (Å²) in [5.41, 5.74) is 1.29. The molecular formula is C17H28N2O2. The smallest absolute Gasteiger partial charge is 0.161 e. The van der Waals surface area contributed by atoms with Gasteiger partial charge in [-0.05, 0) is 38.0 Å². The minimum absolute atomic E-state index is 0.567. The van der Waals surface area contributed by atoms with Crippen LogP contribution in [0.5, 0.6) is 11.5 Å². The monoisotopic (exact) mass is 292 g/mol. The molecule has 1 aliphatic heterocycles. The van der Waals surface area contributed by atoms with Crippen molar-refractivity contribution in [1.82, 2.24) is 10.2 Å². The van der Waals surface area contributed by atoms with Crippen molar-refractivity contribution >= 4 is 0 Å². The molecule has 1 atom stereocenters. The van der Waals surface area contributed by atoms with Crippen LogP contribution in [0.15, 0.2) is 18.2 Å². The molecule has 1 heterocycles. The Morgan fingerprint density at radius 3 is 2.81 bits per heavy atom. The number of hydrogen-bond donors (Lipinski definition) is 1. The highest BCUT2D eigenvalue weighted by atomic mass is 16.5. The lowest BCUT2D eigenvalue weighted by molar-refractivity contribution is 0.199. The van der Waals surface area contributed by atoms with E-state index < -0.39 is 0 Å². The molecule has 0 amide bonds. The summed E-state index contributed by atoms with van der Waals surface area (Å²) in [5.74, 6) is 1.72. The van der Waals surface area contributed by atoms with Gasteiger partial charge in [0.1, 0.15) is 0 Å². The third-order valence-electron chi connectivity index (χ3n) is 3.63. The highest BCUT2D eigenvalue weighted by Crippen LogP contribution is 2.29. The maximum Gasteiger partial charge on any atom is 0.161 e. The second-order valence-electron chi connectivity index (χ2n) is 5.65. The molecule has 4 heteroatoms. The second kappa shape index (κ2) is 8.25. The average Bonchev–Trinajstić information content (AvgIpc) is 2.47. The van der Waals surface area contributed by atoms with E-state index >= 15 is 0 Å². The topological polar surface area (TPSA) is 33.7 Å². The van der Waals surface area contributed by atoms with E-state index in [0.29, 0.717) is 12.6 Å². The first-order valence-electron chi connectivity index (χ1n) is 8.07. The molecular weight excluding hydrogens is 264 g/mol. The Labute approximate surface area is 128 Å². The standard InChI is InChI=1S/C17H28N2O2/c1-4-10-21-16-7-6-15(11-17(16)20-5-2)13-19-9-8-18-14(3)12-19/h6-7,11,14,18H,4-5,8-10,12-13H2,1-3H3/t14-/m1/s1. The molecule has 1 aliphatic rings. The van der Waals surface area contributed by atoms with Gasteiger partial charge >= 0.3 is 0 Å². The highest BCUT2D eigenvalue weighted by molar-refractivity contribution is 5.43. The summed E-state index contributed by atoms with van der Waals surface area (Å²) in [4.78, 5) is 2.48. The molecule has 1 fully saturated rings. The molecule has 4 nitrogen and oxygen atoms in total. The van der Waals surface area contributed by atoms with Crippen molar-refractivity contribution in [3.05, 3.63) is 23.8 Å². The van der Waals surface area contributed by atoms with Crippen LogP contribution in [0.1, 0.15) is 32.8 Å². The third kappa shape index (κ3) is 4.90. The number of nitrogens with one attached hydrogen (secondary N) is 1. The van der Waals surface area contributed by atoms with Crippen LogP contribution >= 0.6 is 0 Å². The van der Waals surface area contributed by atoms with E-state index in [9.17, 15) is 0 Å². The van der Waals surface area contributed by atoms with E-state index in [-0.39, 0.29) is 0 Å². The van der Waals surface area contributed by atoms with E-state index in [1.165, 1.54) is 5.56 Å². The Balaban J connectivity index is 2.03. The van der Waals surface area contributed by atoms with Crippen LogP contribution in [0, 0.1) is 0 Å². The summed E-state index contributed by atoms with van der Waals surface area (Å²) >= 11 is 0. The van der Waals surface area contributed by atoms with E-state index in [0.717, 1.165) is 50.7 Å². The van der Waals surface area contributed by atoms with Crippen LogP contribution in [0.4, 0.5) is 0 Å². The molecule has 0 aliphatic carbocycles. The molecule has 1 aromatic carbocycles. The highest BCUT2D eigenvalue weighted by Gasteiger charge is 2.16. The Morgan fingerprint density at radius 2 is 2.10 bits per heavy atom. The maximum atomic E-state index is 5.75. The van der Waals surface area contributed by atoms with Gasteiger partial charge in [-0.25, -0.2) is 0 Å². The fourth-order valence-corrected chi connectivity index (χ4v) is 2.66. The third-order valence-corrected chi connectivity index (χ3v) is 3.63. The van der Waals surface area contributed by atoms with Crippen molar-refractivity contribution in [2.45, 2.75) is 39.8 Å². The zero-order valence-corrected chi connectivity index (χ0v) is 13.5. The van der Waals surface area contributed by atoms with E-state index in [1.54, 1.807) is 0 Å². The number of nitrogens with zero attached hydrogens (tertiary/aromatic N) is 1. The normalized spacial score (nSPS) is 19.5. The molecule has 118 valence electrons. The quantitative estimate of drug-likeness (QED) is 0.838. The Kier molecular flexibility index (Phi) is 6.33. The first kappa shape index (κ1) is 16.1. The fourth-order valence-electron chi connectivity index (χ4n) is 2.66. The van der Waals surface area contributed by atoms with Crippen LogP contribution in [-0.4, -0.2) is 43.8 Å². The zero-order chi connectivity index (χ0) is 15.1. The van der Waals surface area contributed by atoms with Gasteiger partial charge in [-0.1, -0.05) is 13.0 Å². The van der Waals surface area contributed by atoms with Crippen molar-refractivity contribution in [2.75, 3.05) is 32.8 Å². The second-order valence-corrected chi connectivity index (χ2v) is 5.65. The minimum atomic E-state index is 0.567. The van der Waals surface area contributed by atoms with Crippen LogP contribution < -0.4 is 14.8 Å². The number of piperazine rings is 1. The van der Waals surface area contributed by atoms with Gasteiger partial charge in [-0.15, -0.1) is 0 Å². The van der Waals surface area contributed by atoms with Crippen molar-refractivity contribution in [1.29, 1.82) is 0 Å². The molecule has 1 aromatic rings. The van der Waals surface area contributed by atoms with Gasteiger partial charge in [-0.3, -0.25) is 4.90 Å². The number of hydrogen-bond acceptors (Lipinski definition) is 4. The summed E-state index contributed by atoms with van der Waals surface area (Å²) in [7, 11) is 0. The lowest BCUT2D eigenvalue weighted by Gasteiger charge is -2.31. The van der Waals surface area contributed by atoms with E-state index in [2.05, 4.69) is 36.2 Å². The molecule has 0 saturated carbocycles. The van der Waals surface area contributed by atoms with Gasteiger partial charge in [0, 0.05) is 32.2 Å². The van der Waals surface area contributed by atoms with E-state index in [1.807, 2.05) is 13.0 Å². The van der Waals surface area contributed by atoms with Gasteiger partial charge < -0.3 is 14.8 Å². The van der Waals surface area contributed by atoms with Gasteiger partial charge in [0.05, 0.1) is 13.2 Å². The zero-order valence-electron chi connectivity index (χ0n) is 13.5. The first-order chi connectivity index (χ1) is 10.2. The largest absolute Gasteiger partial charge is 0.490 e. The predicted molar refractivity (Wildman–Crippen MR) is 86.1 cm³/mol. The molecule has 0 spiro atoms. The minimum Gasteiger partial charge on any atom is -0.490 e. The average molecular weight is 292 g/mol. The Morgan fingerprint density at radius 1 is 1.24 bits per heavy atom. The first-order valence-corrected chi connectivity index (χ1v) is 8.07. The maximum absolute atomic E-state index is 5.75. The van der Waals surface area contributed by atoms with E-state index in [4.69, 9.17) is 9.47 Å². The van der Waals surface area contributed by atoms with Crippen molar-refractivity contribution in [3.63, 3.8) is 0 Å². The van der Waals surface area contributed by atoms with Crippen molar-refractivity contribution in [2.24, 2.45) is 0 Å². The molecule has 0 unspecified atom stereocenters. The van der Waals surface area contributed by atoms with Gasteiger partial charge in [-0.2, -0.15) is 0 Å².